The van der Waals surface area contributed by atoms with Crippen molar-refractivity contribution >= 4 is 5.97 Å². The topological polar surface area (TPSA) is 44.8 Å². The molecule has 0 aliphatic heterocycles. The summed E-state index contributed by atoms with van der Waals surface area (Å²) in [6.45, 7) is 7.01. The third kappa shape index (κ3) is 2.13. The van der Waals surface area contributed by atoms with E-state index in [9.17, 15) is 4.79 Å². The molecule has 28 heavy (non-hydrogen) atoms. The van der Waals surface area contributed by atoms with Crippen LogP contribution in [0.5, 0.6) is 0 Å². The smallest absolute Gasteiger partial charge is 0.307 e. The Balaban J connectivity index is 1.79. The zero-order chi connectivity index (χ0) is 19.5. The van der Waals surface area contributed by atoms with E-state index in [4.69, 9.17) is 14.2 Å². The van der Waals surface area contributed by atoms with Crippen LogP contribution in [-0.4, -0.2) is 24.8 Å². The summed E-state index contributed by atoms with van der Waals surface area (Å²) in [7, 11) is 0. The van der Waals surface area contributed by atoms with Crippen LogP contribution in [0, 0.1) is 17.3 Å². The number of carbonyl (C=O) groups excluding carboxylic acids is 1. The van der Waals surface area contributed by atoms with Crippen molar-refractivity contribution in [3.63, 3.8) is 0 Å². The monoisotopic (exact) mass is 384 g/mol. The third-order valence-electron chi connectivity index (χ3n) is 7.73. The lowest BCUT2D eigenvalue weighted by Crippen LogP contribution is -2.40. The summed E-state index contributed by atoms with van der Waals surface area (Å²) in [4.78, 5) is 12.0. The van der Waals surface area contributed by atoms with Gasteiger partial charge in [0, 0.05) is 30.9 Å². The molecule has 0 aromatic carbocycles. The summed E-state index contributed by atoms with van der Waals surface area (Å²) in [6.07, 6.45) is 11.6. The zero-order valence-corrected chi connectivity index (χ0v) is 17.4. The van der Waals surface area contributed by atoms with Gasteiger partial charge in [-0.15, -0.1) is 0 Å². The van der Waals surface area contributed by atoms with Crippen LogP contribution in [0.2, 0.25) is 0 Å². The van der Waals surface area contributed by atoms with Crippen molar-refractivity contribution in [3.05, 3.63) is 34.3 Å². The van der Waals surface area contributed by atoms with E-state index in [2.05, 4.69) is 19.9 Å². The van der Waals surface area contributed by atoms with Crippen molar-refractivity contribution in [2.45, 2.75) is 77.7 Å². The first kappa shape index (κ1) is 18.5. The summed E-state index contributed by atoms with van der Waals surface area (Å²) in [6, 6.07) is 0. The van der Waals surface area contributed by atoms with Gasteiger partial charge in [0.2, 0.25) is 0 Å². The van der Waals surface area contributed by atoms with E-state index in [1.165, 1.54) is 55.9 Å². The van der Waals surface area contributed by atoms with Crippen molar-refractivity contribution in [1.82, 2.24) is 0 Å². The molecule has 3 saturated carbocycles. The first-order valence-corrected chi connectivity index (χ1v) is 11.3. The summed E-state index contributed by atoms with van der Waals surface area (Å²) in [5.41, 5.74) is 3.68. The lowest BCUT2D eigenvalue weighted by Gasteiger charge is -2.41. The van der Waals surface area contributed by atoms with Crippen LogP contribution in [0.25, 0.3) is 0 Å². The number of rotatable bonds is 5. The predicted octanol–water partition coefficient (Wildman–Crippen LogP) is 5.20. The van der Waals surface area contributed by atoms with Crippen LogP contribution in [0.15, 0.2) is 34.3 Å². The number of carbonyl (C=O) groups is 1. The highest BCUT2D eigenvalue weighted by Crippen LogP contribution is 2.75. The quantitative estimate of drug-likeness (QED) is 0.611. The number of allylic oxidation sites excluding steroid dienone is 2. The molecular formula is C24H32O4. The first-order valence-electron chi connectivity index (χ1n) is 11.3. The maximum absolute atomic E-state index is 12.0. The molecule has 0 aromatic heterocycles. The van der Waals surface area contributed by atoms with Crippen molar-refractivity contribution in [3.8, 4) is 0 Å². The first-order chi connectivity index (χ1) is 13.6. The van der Waals surface area contributed by atoms with E-state index in [0.29, 0.717) is 25.0 Å². The summed E-state index contributed by atoms with van der Waals surface area (Å²) >= 11 is 0. The van der Waals surface area contributed by atoms with E-state index in [1.807, 2.05) is 0 Å². The standard InChI is InChI=1S/C24H32O4/c1-4-26-22-17-11-7-6-10-16(17)20-21(22)24(27-5-2)14-19(28-15(3)25)23(20)13-9-8-12-18(23)24/h14,17-18H,4-13H2,1-3H3/t17-,18+,23+,24-/m0/s1. The Bertz CT molecular complexity index is 803. The fourth-order valence-electron chi connectivity index (χ4n) is 7.15. The number of hydrogen-bond acceptors (Lipinski definition) is 4. The molecule has 0 spiro atoms. The van der Waals surface area contributed by atoms with Crippen LogP contribution in [0.3, 0.4) is 0 Å². The second-order valence-corrected chi connectivity index (χ2v) is 8.97. The molecule has 0 unspecified atom stereocenters. The lowest BCUT2D eigenvalue weighted by molar-refractivity contribution is -0.138. The fourth-order valence-corrected chi connectivity index (χ4v) is 7.15. The summed E-state index contributed by atoms with van der Waals surface area (Å²) in [5, 5.41) is 0. The molecule has 4 atom stereocenters. The van der Waals surface area contributed by atoms with Gasteiger partial charge in [-0.3, -0.25) is 4.79 Å². The maximum Gasteiger partial charge on any atom is 0.307 e. The minimum atomic E-state index is -0.482. The van der Waals surface area contributed by atoms with Crippen LogP contribution in [0.1, 0.15) is 72.1 Å². The van der Waals surface area contributed by atoms with E-state index in [1.54, 1.807) is 5.57 Å². The SMILES string of the molecule is CCOC1=C2C(=C3CCCC[C@@H]31)[C@]13CCCC[C@H]1[C@@]2(OCC)C=C3OC(C)=O. The Morgan fingerprint density at radius 1 is 1.11 bits per heavy atom. The molecule has 4 heteroatoms. The van der Waals surface area contributed by atoms with Gasteiger partial charge in [0.05, 0.1) is 12.0 Å². The predicted molar refractivity (Wildman–Crippen MR) is 106 cm³/mol. The average molecular weight is 385 g/mol. The second-order valence-electron chi connectivity index (χ2n) is 8.97. The zero-order valence-electron chi connectivity index (χ0n) is 17.4. The Morgan fingerprint density at radius 2 is 1.93 bits per heavy atom. The number of hydrogen-bond donors (Lipinski definition) is 0. The van der Waals surface area contributed by atoms with Crippen LogP contribution < -0.4 is 0 Å². The average Bonchev–Trinajstić information content (AvgIpc) is 3.24. The Kier molecular flexibility index (Phi) is 4.28. The molecule has 4 nitrogen and oxygen atoms in total. The molecule has 5 aliphatic carbocycles. The molecule has 0 amide bonds. The van der Waals surface area contributed by atoms with E-state index >= 15 is 0 Å². The Labute approximate surface area is 168 Å². The van der Waals surface area contributed by atoms with E-state index in [0.717, 1.165) is 25.0 Å². The van der Waals surface area contributed by atoms with Gasteiger partial charge in [0.25, 0.3) is 0 Å². The number of ether oxygens (including phenoxy) is 3. The van der Waals surface area contributed by atoms with E-state index < -0.39 is 5.60 Å². The van der Waals surface area contributed by atoms with Gasteiger partial charge in [-0.2, -0.15) is 0 Å². The molecular weight excluding hydrogens is 352 g/mol. The summed E-state index contributed by atoms with van der Waals surface area (Å²) in [5.74, 6) is 2.56. The number of fused-ring (bicyclic) bond motifs is 3. The normalized spacial score (nSPS) is 38.2. The highest BCUT2D eigenvalue weighted by atomic mass is 16.5. The van der Waals surface area contributed by atoms with Gasteiger partial charge in [-0.1, -0.05) is 24.8 Å². The molecule has 0 heterocycles. The van der Waals surface area contributed by atoms with Crippen molar-refractivity contribution in [1.29, 1.82) is 0 Å². The largest absolute Gasteiger partial charge is 0.497 e. The van der Waals surface area contributed by atoms with Gasteiger partial charge in [-0.25, -0.2) is 0 Å². The molecule has 0 saturated heterocycles. The van der Waals surface area contributed by atoms with Crippen molar-refractivity contribution in [2.75, 3.05) is 13.2 Å². The molecule has 152 valence electrons. The third-order valence-corrected chi connectivity index (χ3v) is 7.73. The molecule has 5 aliphatic rings. The Hall–Kier alpha value is -1.55. The second kappa shape index (κ2) is 6.48. The minimum Gasteiger partial charge on any atom is -0.497 e. The highest BCUT2D eigenvalue weighted by Gasteiger charge is 2.73. The minimum absolute atomic E-state index is 0.182. The number of esters is 1. The fraction of sp³-hybridized carbons (Fsp3) is 0.708. The molecule has 0 aromatic rings. The molecule has 5 rings (SSSR count). The highest BCUT2D eigenvalue weighted by molar-refractivity contribution is 5.73. The molecule has 3 fully saturated rings. The van der Waals surface area contributed by atoms with Gasteiger partial charge in [-0.05, 0) is 57.6 Å². The van der Waals surface area contributed by atoms with Crippen LogP contribution in [0.4, 0.5) is 0 Å². The van der Waals surface area contributed by atoms with Crippen molar-refractivity contribution < 1.29 is 19.0 Å². The van der Waals surface area contributed by atoms with Gasteiger partial charge >= 0.3 is 5.97 Å². The van der Waals surface area contributed by atoms with Crippen LogP contribution in [-0.2, 0) is 19.0 Å². The van der Waals surface area contributed by atoms with Gasteiger partial charge in [0.15, 0.2) is 0 Å². The van der Waals surface area contributed by atoms with Crippen LogP contribution >= 0.6 is 0 Å². The Morgan fingerprint density at radius 3 is 2.68 bits per heavy atom. The molecule has 2 bridgehead atoms. The van der Waals surface area contributed by atoms with Crippen molar-refractivity contribution in [2.24, 2.45) is 17.3 Å². The lowest BCUT2D eigenvalue weighted by atomic mass is 9.64. The van der Waals surface area contributed by atoms with Gasteiger partial charge < -0.3 is 14.2 Å². The van der Waals surface area contributed by atoms with E-state index in [-0.39, 0.29) is 11.4 Å². The van der Waals surface area contributed by atoms with Gasteiger partial charge in [0.1, 0.15) is 17.1 Å². The summed E-state index contributed by atoms with van der Waals surface area (Å²) < 4.78 is 18.9. The molecule has 0 N–H and O–H groups in total. The maximum atomic E-state index is 12.0. The molecule has 0 radical (unpaired) electrons.